The number of thiophene rings is 1. The van der Waals surface area contributed by atoms with Crippen molar-refractivity contribution in [3.8, 4) is 11.5 Å². The molecule has 3 aromatic rings. The van der Waals surface area contributed by atoms with Gasteiger partial charge in [0, 0.05) is 11.8 Å². The van der Waals surface area contributed by atoms with E-state index in [-0.39, 0.29) is 23.5 Å². The molecule has 0 aliphatic rings. The minimum atomic E-state index is -0.382. The summed E-state index contributed by atoms with van der Waals surface area (Å²) in [5.74, 6) is 0.492. The lowest BCUT2D eigenvalue weighted by Gasteiger charge is -2.14. The van der Waals surface area contributed by atoms with Gasteiger partial charge in [-0.15, -0.1) is 11.3 Å². The maximum absolute atomic E-state index is 12.3. The predicted molar refractivity (Wildman–Crippen MR) is 126 cm³/mol. The summed E-state index contributed by atoms with van der Waals surface area (Å²) in [4.78, 5) is 25.0. The van der Waals surface area contributed by atoms with Gasteiger partial charge in [0.05, 0.1) is 17.7 Å². The van der Waals surface area contributed by atoms with E-state index in [1.807, 2.05) is 36.6 Å². The van der Waals surface area contributed by atoms with Gasteiger partial charge < -0.3 is 20.1 Å². The molecule has 1 heterocycles. The number of thiocarbonyl (C=S) groups is 1. The molecule has 3 N–H and O–H groups in total. The number of ether oxygens (including phenoxy) is 2. The Hall–Kier alpha value is -3.43. The first kappa shape index (κ1) is 22.3. The van der Waals surface area contributed by atoms with Gasteiger partial charge in [-0.25, -0.2) is 0 Å². The maximum atomic E-state index is 12.3. The van der Waals surface area contributed by atoms with Crippen LogP contribution < -0.4 is 25.4 Å². The van der Waals surface area contributed by atoms with Gasteiger partial charge in [0.25, 0.3) is 11.8 Å². The Morgan fingerprint density at radius 1 is 1.03 bits per heavy atom. The minimum absolute atomic E-state index is 0.121. The Bertz CT molecular complexity index is 1080. The van der Waals surface area contributed by atoms with Crippen molar-refractivity contribution in [3.63, 3.8) is 0 Å². The topological polar surface area (TPSA) is 88.7 Å². The molecule has 0 spiro atoms. The molecule has 1 aromatic heterocycles. The molecule has 0 saturated heterocycles. The zero-order chi connectivity index (χ0) is 22.2. The fraction of sp³-hybridized carbons (Fsp3) is 0.136. The summed E-state index contributed by atoms with van der Waals surface area (Å²) in [6.07, 6.45) is 0. The van der Waals surface area contributed by atoms with Gasteiger partial charge in [-0.1, -0.05) is 24.3 Å². The second-order valence-corrected chi connectivity index (χ2v) is 7.76. The standard InChI is InChI=1S/C22H21N3O4S2/c1-14-6-3-4-7-17(14)29-13-20(26)25-22(30)23-15-9-10-16(18(12-15)28-2)24-21(27)19-8-5-11-31-19/h3-12H,13H2,1-2H3,(H,24,27)(H2,23,25,26,30). The smallest absolute Gasteiger partial charge is 0.265 e. The number of hydrogen-bond acceptors (Lipinski definition) is 6. The van der Waals surface area contributed by atoms with E-state index in [0.29, 0.717) is 27.8 Å². The van der Waals surface area contributed by atoms with Gasteiger partial charge in [-0.05, 0) is 54.4 Å². The van der Waals surface area contributed by atoms with E-state index >= 15 is 0 Å². The maximum Gasteiger partial charge on any atom is 0.265 e. The summed E-state index contributed by atoms with van der Waals surface area (Å²) in [7, 11) is 1.50. The van der Waals surface area contributed by atoms with Crippen molar-refractivity contribution in [1.29, 1.82) is 0 Å². The molecule has 0 atom stereocenters. The third-order valence-electron chi connectivity index (χ3n) is 4.16. The molecule has 0 radical (unpaired) electrons. The van der Waals surface area contributed by atoms with Crippen LogP contribution in [-0.4, -0.2) is 30.6 Å². The van der Waals surface area contributed by atoms with Crippen molar-refractivity contribution in [2.75, 3.05) is 24.4 Å². The Morgan fingerprint density at radius 2 is 1.84 bits per heavy atom. The summed E-state index contributed by atoms with van der Waals surface area (Å²) >= 11 is 6.55. The average molecular weight is 456 g/mol. The first-order valence-corrected chi connectivity index (χ1v) is 10.6. The number of benzene rings is 2. The highest BCUT2D eigenvalue weighted by molar-refractivity contribution is 7.80. The zero-order valence-electron chi connectivity index (χ0n) is 16.9. The van der Waals surface area contributed by atoms with Crippen molar-refractivity contribution in [3.05, 3.63) is 70.4 Å². The summed E-state index contributed by atoms with van der Waals surface area (Å²) in [5.41, 5.74) is 2.05. The second kappa shape index (κ2) is 10.6. The lowest BCUT2D eigenvalue weighted by molar-refractivity contribution is -0.121. The Kier molecular flexibility index (Phi) is 7.58. The van der Waals surface area contributed by atoms with E-state index in [0.717, 1.165) is 5.56 Å². The van der Waals surface area contributed by atoms with Crippen LogP contribution in [0.3, 0.4) is 0 Å². The molecule has 0 saturated carbocycles. The van der Waals surface area contributed by atoms with Crippen LogP contribution in [0.25, 0.3) is 0 Å². The number of nitrogens with one attached hydrogen (secondary N) is 3. The Labute approximate surface area is 189 Å². The molecule has 2 amide bonds. The fourth-order valence-corrected chi connectivity index (χ4v) is 3.50. The summed E-state index contributed by atoms with van der Waals surface area (Å²) in [6, 6.07) is 16.1. The van der Waals surface area contributed by atoms with E-state index in [9.17, 15) is 9.59 Å². The predicted octanol–water partition coefficient (Wildman–Crippen LogP) is 4.21. The number of aryl methyl sites for hydroxylation is 1. The van der Waals surface area contributed by atoms with E-state index in [1.165, 1.54) is 18.4 Å². The van der Waals surface area contributed by atoms with E-state index in [1.54, 1.807) is 30.3 Å². The number of carbonyl (C=O) groups is 2. The SMILES string of the molecule is COc1cc(NC(=S)NC(=O)COc2ccccc2C)ccc1NC(=O)c1cccs1. The third-order valence-corrected chi connectivity index (χ3v) is 5.23. The van der Waals surface area contributed by atoms with Crippen molar-refractivity contribution >= 4 is 51.9 Å². The molecular formula is C22H21N3O4S2. The normalized spacial score (nSPS) is 10.1. The molecule has 0 fully saturated rings. The highest BCUT2D eigenvalue weighted by Crippen LogP contribution is 2.28. The van der Waals surface area contributed by atoms with E-state index in [2.05, 4.69) is 16.0 Å². The molecule has 7 nitrogen and oxygen atoms in total. The van der Waals surface area contributed by atoms with Crippen LogP contribution in [0.15, 0.2) is 60.0 Å². The van der Waals surface area contributed by atoms with Crippen molar-refractivity contribution in [1.82, 2.24) is 5.32 Å². The molecule has 0 unspecified atom stereocenters. The van der Waals surface area contributed by atoms with Gasteiger partial charge in [-0.3, -0.25) is 14.9 Å². The van der Waals surface area contributed by atoms with E-state index in [4.69, 9.17) is 21.7 Å². The molecular weight excluding hydrogens is 434 g/mol. The van der Waals surface area contributed by atoms with Gasteiger partial charge >= 0.3 is 0 Å². The number of hydrogen-bond donors (Lipinski definition) is 3. The number of para-hydroxylation sites is 1. The molecule has 2 aromatic carbocycles. The van der Waals surface area contributed by atoms with Crippen LogP contribution in [0.2, 0.25) is 0 Å². The highest BCUT2D eigenvalue weighted by Gasteiger charge is 2.12. The largest absolute Gasteiger partial charge is 0.494 e. The number of carbonyl (C=O) groups excluding carboxylic acids is 2. The summed E-state index contributed by atoms with van der Waals surface area (Å²) in [6.45, 7) is 1.74. The Balaban J connectivity index is 1.55. The fourth-order valence-electron chi connectivity index (χ4n) is 2.65. The average Bonchev–Trinajstić information content (AvgIpc) is 3.29. The minimum Gasteiger partial charge on any atom is -0.494 e. The first-order valence-electron chi connectivity index (χ1n) is 9.28. The molecule has 31 heavy (non-hydrogen) atoms. The molecule has 0 aliphatic heterocycles. The second-order valence-electron chi connectivity index (χ2n) is 6.40. The lowest BCUT2D eigenvalue weighted by Crippen LogP contribution is -2.37. The van der Waals surface area contributed by atoms with Gasteiger partial charge in [0.2, 0.25) is 0 Å². The van der Waals surface area contributed by atoms with Gasteiger partial charge in [-0.2, -0.15) is 0 Å². The first-order chi connectivity index (χ1) is 15.0. The number of rotatable bonds is 7. The lowest BCUT2D eigenvalue weighted by atomic mass is 10.2. The van der Waals surface area contributed by atoms with Gasteiger partial charge in [0.15, 0.2) is 11.7 Å². The Morgan fingerprint density at radius 3 is 2.55 bits per heavy atom. The van der Waals surface area contributed by atoms with Crippen LogP contribution in [0.1, 0.15) is 15.2 Å². The van der Waals surface area contributed by atoms with Crippen LogP contribution in [0, 0.1) is 6.92 Å². The van der Waals surface area contributed by atoms with E-state index < -0.39 is 0 Å². The molecule has 0 aliphatic carbocycles. The number of anilines is 2. The molecule has 160 valence electrons. The van der Waals surface area contributed by atoms with Gasteiger partial charge in [0.1, 0.15) is 11.5 Å². The third kappa shape index (κ3) is 6.27. The van der Waals surface area contributed by atoms with Crippen molar-refractivity contribution < 1.29 is 19.1 Å². The van der Waals surface area contributed by atoms with Crippen molar-refractivity contribution in [2.45, 2.75) is 6.92 Å². The van der Waals surface area contributed by atoms with Crippen LogP contribution in [0.4, 0.5) is 11.4 Å². The van der Waals surface area contributed by atoms with Crippen LogP contribution in [0.5, 0.6) is 11.5 Å². The molecule has 3 rings (SSSR count). The zero-order valence-corrected chi connectivity index (χ0v) is 18.6. The number of amides is 2. The summed E-state index contributed by atoms with van der Waals surface area (Å²) < 4.78 is 10.9. The molecule has 9 heteroatoms. The van der Waals surface area contributed by atoms with Crippen LogP contribution >= 0.6 is 23.6 Å². The number of methoxy groups -OCH3 is 1. The quantitative estimate of drug-likeness (QED) is 0.463. The monoisotopic (exact) mass is 455 g/mol. The van der Waals surface area contributed by atoms with Crippen molar-refractivity contribution in [2.24, 2.45) is 0 Å². The highest BCUT2D eigenvalue weighted by atomic mass is 32.1. The molecule has 0 bridgehead atoms. The van der Waals surface area contributed by atoms with Crippen LogP contribution in [-0.2, 0) is 4.79 Å². The summed E-state index contributed by atoms with van der Waals surface area (Å²) in [5, 5.41) is 10.3.